The van der Waals surface area contributed by atoms with Gasteiger partial charge >= 0.3 is 6.09 Å². The van der Waals surface area contributed by atoms with Gasteiger partial charge in [0.15, 0.2) is 12.4 Å². The Hall–Kier alpha value is -2.39. The minimum Gasteiger partial charge on any atom is -0.619 e. The molecule has 158 valence electrons. The Morgan fingerprint density at radius 2 is 1.93 bits per heavy atom. The van der Waals surface area contributed by atoms with Crippen LogP contribution < -0.4 is 4.73 Å². The van der Waals surface area contributed by atoms with E-state index in [1.807, 2.05) is 0 Å². The average molecular weight is 422 g/mol. The molecule has 0 spiro atoms. The van der Waals surface area contributed by atoms with Crippen molar-refractivity contribution in [2.75, 3.05) is 19.6 Å². The third kappa shape index (κ3) is 4.79. The number of aromatic nitrogens is 1. The van der Waals surface area contributed by atoms with E-state index in [9.17, 15) is 18.4 Å². The van der Waals surface area contributed by atoms with Crippen LogP contribution in [0.15, 0.2) is 41.6 Å². The van der Waals surface area contributed by atoms with Crippen LogP contribution in [0.5, 0.6) is 0 Å². The Balaban J connectivity index is 1.84. The molecule has 0 bridgehead atoms. The van der Waals surface area contributed by atoms with E-state index in [1.165, 1.54) is 22.8 Å². The highest BCUT2D eigenvalue weighted by atomic mass is 32.2. The van der Waals surface area contributed by atoms with Gasteiger partial charge in [-0.2, -0.15) is 9.04 Å². The van der Waals surface area contributed by atoms with Crippen molar-refractivity contribution in [1.82, 2.24) is 9.21 Å². The topological polar surface area (TPSA) is 93.9 Å². The van der Waals surface area contributed by atoms with Gasteiger partial charge in [0.2, 0.25) is 10.0 Å². The summed E-state index contributed by atoms with van der Waals surface area (Å²) < 4.78 is 34.1. The minimum absolute atomic E-state index is 0.172. The normalized spacial score (nSPS) is 19.2. The SMILES string of the molecule is C[C@H]1CN(C(=O)OC(C)(C)C)CCCN1S(=O)(=O)c1ccc2c[n+]([O-])ccc2c1. The predicted octanol–water partition coefficient (Wildman–Crippen LogP) is 2.49. The van der Waals surface area contributed by atoms with E-state index in [0.717, 1.165) is 0 Å². The lowest BCUT2D eigenvalue weighted by Gasteiger charge is -2.30. The van der Waals surface area contributed by atoms with Gasteiger partial charge in [-0.3, -0.25) is 0 Å². The Bertz CT molecular complexity index is 1020. The van der Waals surface area contributed by atoms with Gasteiger partial charge in [0.25, 0.3) is 0 Å². The fraction of sp³-hybridized carbons (Fsp3) is 0.500. The first-order valence-corrected chi connectivity index (χ1v) is 11.0. The maximum atomic E-state index is 13.3. The zero-order valence-corrected chi connectivity index (χ0v) is 18.0. The fourth-order valence-electron chi connectivity index (χ4n) is 3.43. The van der Waals surface area contributed by atoms with E-state index in [1.54, 1.807) is 50.8 Å². The van der Waals surface area contributed by atoms with Gasteiger partial charge in [-0.25, -0.2) is 13.2 Å². The summed E-state index contributed by atoms with van der Waals surface area (Å²) in [7, 11) is -3.75. The summed E-state index contributed by atoms with van der Waals surface area (Å²) in [4.78, 5) is 14.2. The number of carbonyl (C=O) groups excluding carboxylic acids is 1. The standard InChI is InChI=1S/C20H27N3O5S/c1-15-13-21(19(24)28-20(2,3)4)9-5-10-23(15)29(26,27)18-7-6-17-14-22(25)11-8-16(17)12-18/h6-8,11-12,14-15H,5,9-10,13H2,1-4H3/t15-/m0/s1. The van der Waals surface area contributed by atoms with Gasteiger partial charge in [0.05, 0.1) is 4.90 Å². The fourth-order valence-corrected chi connectivity index (χ4v) is 5.13. The molecule has 0 radical (unpaired) electrons. The molecule has 2 aromatic rings. The molecule has 2 heterocycles. The summed E-state index contributed by atoms with van der Waals surface area (Å²) in [6.45, 7) is 8.22. The summed E-state index contributed by atoms with van der Waals surface area (Å²) >= 11 is 0. The molecule has 29 heavy (non-hydrogen) atoms. The first-order valence-electron chi connectivity index (χ1n) is 9.60. The summed E-state index contributed by atoms with van der Waals surface area (Å²) in [5, 5.41) is 12.8. The van der Waals surface area contributed by atoms with Gasteiger partial charge in [0.1, 0.15) is 5.60 Å². The molecule has 0 N–H and O–H groups in total. The van der Waals surface area contributed by atoms with Gasteiger partial charge in [-0.05, 0) is 57.7 Å². The number of fused-ring (bicyclic) bond motifs is 1. The summed E-state index contributed by atoms with van der Waals surface area (Å²) in [5.41, 5.74) is -0.605. The zero-order chi connectivity index (χ0) is 21.4. The molecular formula is C20H27N3O5S. The highest BCUT2D eigenvalue weighted by Gasteiger charge is 2.34. The molecule has 0 unspecified atom stereocenters. The van der Waals surface area contributed by atoms with Crippen molar-refractivity contribution < 1.29 is 22.7 Å². The molecule has 3 rings (SSSR count). The van der Waals surface area contributed by atoms with E-state index in [-0.39, 0.29) is 11.4 Å². The van der Waals surface area contributed by atoms with Crippen LogP contribution in [0.2, 0.25) is 0 Å². The number of carbonyl (C=O) groups is 1. The van der Waals surface area contributed by atoms with E-state index < -0.39 is 27.8 Å². The number of ether oxygens (including phenoxy) is 1. The van der Waals surface area contributed by atoms with Gasteiger partial charge < -0.3 is 14.8 Å². The van der Waals surface area contributed by atoms with Crippen LogP contribution in [-0.2, 0) is 14.8 Å². The van der Waals surface area contributed by atoms with E-state index in [4.69, 9.17) is 4.74 Å². The number of hydrogen-bond acceptors (Lipinski definition) is 5. The minimum atomic E-state index is -3.75. The van der Waals surface area contributed by atoms with Gasteiger partial charge in [-0.1, -0.05) is 0 Å². The number of hydrogen-bond donors (Lipinski definition) is 0. The number of rotatable bonds is 2. The lowest BCUT2D eigenvalue weighted by atomic mass is 10.2. The maximum absolute atomic E-state index is 13.3. The van der Waals surface area contributed by atoms with Crippen molar-refractivity contribution >= 4 is 26.9 Å². The average Bonchev–Trinajstić information content (AvgIpc) is 2.82. The number of sulfonamides is 1. The van der Waals surface area contributed by atoms with Gasteiger partial charge in [0, 0.05) is 37.1 Å². The zero-order valence-electron chi connectivity index (χ0n) is 17.2. The van der Waals surface area contributed by atoms with E-state index >= 15 is 0 Å². The third-order valence-electron chi connectivity index (χ3n) is 4.77. The smallest absolute Gasteiger partial charge is 0.410 e. The first-order chi connectivity index (χ1) is 13.5. The first kappa shape index (κ1) is 21.3. The molecule has 0 aliphatic carbocycles. The molecule has 1 aromatic heterocycles. The molecule has 9 heteroatoms. The molecule has 1 aliphatic heterocycles. The van der Waals surface area contributed by atoms with Crippen molar-refractivity contribution in [2.45, 2.75) is 50.7 Å². The molecule has 8 nitrogen and oxygen atoms in total. The van der Waals surface area contributed by atoms with Crippen LogP contribution in [0.3, 0.4) is 0 Å². The van der Waals surface area contributed by atoms with Crippen LogP contribution in [0.4, 0.5) is 4.79 Å². The largest absolute Gasteiger partial charge is 0.619 e. The Morgan fingerprint density at radius 3 is 2.62 bits per heavy atom. The second-order valence-electron chi connectivity index (χ2n) is 8.34. The van der Waals surface area contributed by atoms with Gasteiger partial charge in [-0.15, -0.1) is 0 Å². The molecule has 1 saturated heterocycles. The Kier molecular flexibility index (Phi) is 5.73. The predicted molar refractivity (Wildman–Crippen MR) is 109 cm³/mol. The summed E-state index contributed by atoms with van der Waals surface area (Å²) in [6, 6.07) is 5.92. The highest BCUT2D eigenvalue weighted by Crippen LogP contribution is 2.25. The molecule has 1 fully saturated rings. The lowest BCUT2D eigenvalue weighted by molar-refractivity contribution is -0.603. The molecular weight excluding hydrogens is 394 g/mol. The third-order valence-corrected chi connectivity index (χ3v) is 6.78. The van der Waals surface area contributed by atoms with Crippen LogP contribution in [0.25, 0.3) is 10.8 Å². The molecule has 1 aliphatic rings. The Labute approximate surface area is 171 Å². The van der Waals surface area contributed by atoms with Crippen LogP contribution >= 0.6 is 0 Å². The molecule has 1 atom stereocenters. The number of benzene rings is 1. The van der Waals surface area contributed by atoms with Crippen molar-refractivity contribution in [3.05, 3.63) is 41.9 Å². The van der Waals surface area contributed by atoms with Crippen molar-refractivity contribution in [3.8, 4) is 0 Å². The van der Waals surface area contributed by atoms with Crippen molar-refractivity contribution in [3.63, 3.8) is 0 Å². The molecule has 1 amide bonds. The van der Waals surface area contributed by atoms with Crippen molar-refractivity contribution in [2.24, 2.45) is 0 Å². The number of amides is 1. The van der Waals surface area contributed by atoms with Crippen LogP contribution in [-0.4, -0.2) is 55.0 Å². The van der Waals surface area contributed by atoms with E-state index in [2.05, 4.69) is 0 Å². The quantitative estimate of drug-likeness (QED) is 0.549. The highest BCUT2D eigenvalue weighted by molar-refractivity contribution is 7.89. The lowest BCUT2D eigenvalue weighted by Crippen LogP contribution is -2.45. The van der Waals surface area contributed by atoms with Crippen LogP contribution in [0.1, 0.15) is 34.1 Å². The molecule has 0 saturated carbocycles. The second kappa shape index (κ2) is 7.79. The molecule has 1 aromatic carbocycles. The monoisotopic (exact) mass is 421 g/mol. The Morgan fingerprint density at radius 1 is 1.21 bits per heavy atom. The van der Waals surface area contributed by atoms with E-state index in [0.29, 0.717) is 35.0 Å². The van der Waals surface area contributed by atoms with Crippen molar-refractivity contribution in [1.29, 1.82) is 0 Å². The maximum Gasteiger partial charge on any atom is 0.410 e. The van der Waals surface area contributed by atoms with Crippen LogP contribution in [0, 0.1) is 5.21 Å². The second-order valence-corrected chi connectivity index (χ2v) is 10.2. The summed E-state index contributed by atoms with van der Waals surface area (Å²) in [6.07, 6.45) is 2.83. The summed E-state index contributed by atoms with van der Waals surface area (Å²) in [5.74, 6) is 0. The number of nitrogens with zero attached hydrogens (tertiary/aromatic N) is 3. The number of pyridine rings is 1.